The third-order valence-electron chi connectivity index (χ3n) is 8.09. The van der Waals surface area contributed by atoms with Gasteiger partial charge in [-0.15, -0.1) is 0 Å². The lowest BCUT2D eigenvalue weighted by Crippen LogP contribution is -2.43. The molecule has 9 nitrogen and oxygen atoms in total. The third kappa shape index (κ3) is 5.97. The van der Waals surface area contributed by atoms with E-state index in [0.29, 0.717) is 45.5 Å². The van der Waals surface area contributed by atoms with E-state index in [1.807, 2.05) is 18.3 Å². The second-order valence-corrected chi connectivity index (χ2v) is 10.8. The summed E-state index contributed by atoms with van der Waals surface area (Å²) in [6.07, 6.45) is 9.55. The zero-order chi connectivity index (χ0) is 28.2. The Kier molecular flexibility index (Phi) is 8.00. The van der Waals surface area contributed by atoms with Gasteiger partial charge in [-0.25, -0.2) is 14.4 Å². The van der Waals surface area contributed by atoms with Crippen molar-refractivity contribution in [2.24, 2.45) is 5.92 Å². The Bertz CT molecular complexity index is 1560. The van der Waals surface area contributed by atoms with Crippen molar-refractivity contribution in [1.82, 2.24) is 20.3 Å². The molecule has 6 rings (SSSR count). The van der Waals surface area contributed by atoms with Gasteiger partial charge in [0, 0.05) is 50.6 Å². The summed E-state index contributed by atoms with van der Waals surface area (Å²) in [7, 11) is 1.58. The zero-order valence-electron chi connectivity index (χ0n) is 23.3. The number of ether oxygens (including phenoxy) is 1. The van der Waals surface area contributed by atoms with Gasteiger partial charge < -0.3 is 30.6 Å². The van der Waals surface area contributed by atoms with E-state index in [9.17, 15) is 4.79 Å². The Morgan fingerprint density at radius 3 is 2.66 bits per heavy atom. The third-order valence-corrected chi connectivity index (χ3v) is 8.09. The lowest BCUT2D eigenvalue weighted by atomic mass is 9.89. The molecule has 0 spiro atoms. The highest BCUT2D eigenvalue weighted by atomic mass is 19.1. The number of piperazine rings is 1. The van der Waals surface area contributed by atoms with Gasteiger partial charge in [0.2, 0.25) is 0 Å². The molecule has 4 heterocycles. The van der Waals surface area contributed by atoms with Crippen LogP contribution in [0.1, 0.15) is 32.1 Å². The van der Waals surface area contributed by atoms with E-state index in [-0.39, 0.29) is 11.1 Å². The van der Waals surface area contributed by atoms with Crippen LogP contribution in [0.5, 0.6) is 5.75 Å². The van der Waals surface area contributed by atoms with E-state index in [4.69, 9.17) is 4.74 Å². The van der Waals surface area contributed by atoms with Crippen LogP contribution in [0, 0.1) is 11.7 Å². The van der Waals surface area contributed by atoms with Gasteiger partial charge >= 0.3 is 0 Å². The molecule has 3 aromatic heterocycles. The van der Waals surface area contributed by atoms with E-state index < -0.39 is 5.82 Å². The molecule has 0 bridgehead atoms. The zero-order valence-corrected chi connectivity index (χ0v) is 23.3. The Balaban J connectivity index is 1.31. The first-order valence-corrected chi connectivity index (χ1v) is 14.4. The average Bonchev–Trinajstić information content (AvgIpc) is 3.01. The monoisotopic (exact) mass is 557 g/mol. The molecule has 1 aromatic carbocycles. The van der Waals surface area contributed by atoms with Crippen LogP contribution in [-0.2, 0) is 0 Å². The highest BCUT2D eigenvalue weighted by molar-refractivity contribution is 5.94. The molecular formula is C31H36FN7O2. The lowest BCUT2D eigenvalue weighted by molar-refractivity contribution is 0.372. The summed E-state index contributed by atoms with van der Waals surface area (Å²) in [5, 5.41) is 10.4. The summed E-state index contributed by atoms with van der Waals surface area (Å²) in [5.41, 5.74) is 3.00. The van der Waals surface area contributed by atoms with Crippen LogP contribution in [0.15, 0.2) is 53.6 Å². The highest BCUT2D eigenvalue weighted by Gasteiger charge is 2.19. The lowest BCUT2D eigenvalue weighted by Gasteiger charge is -2.29. The van der Waals surface area contributed by atoms with Crippen LogP contribution in [0.2, 0.25) is 0 Å². The largest absolute Gasteiger partial charge is 0.495 e. The number of fused-ring (bicyclic) bond motifs is 1. The van der Waals surface area contributed by atoms with Crippen molar-refractivity contribution in [2.75, 3.05) is 55.4 Å². The molecule has 1 saturated heterocycles. The fraction of sp³-hybridized carbons (Fsp3) is 0.387. The standard InChI is InChI=1S/C31H36FN7O2/c1-41-28-15-22(23(32)16-26(28)35-18-20-5-3-2-4-6-20)25-17-27(30-24(37-25)9-10-34-31(30)40)38-29-8-7-21(19-36-29)39-13-11-33-12-14-39/h7-10,15-17,19-20,33,35H,2-6,11-14,18H2,1H3,(H,34,40)(H,36,37,38). The number of pyridine rings is 3. The maximum Gasteiger partial charge on any atom is 0.259 e. The molecule has 0 atom stereocenters. The Morgan fingerprint density at radius 1 is 1.07 bits per heavy atom. The van der Waals surface area contributed by atoms with Crippen LogP contribution < -0.4 is 31.1 Å². The number of nitrogens with one attached hydrogen (secondary N) is 4. The molecule has 1 saturated carbocycles. The van der Waals surface area contributed by atoms with Gasteiger partial charge in [0.25, 0.3) is 5.56 Å². The first kappa shape index (κ1) is 27.0. The number of methoxy groups -OCH3 is 1. The maximum atomic E-state index is 15.6. The summed E-state index contributed by atoms with van der Waals surface area (Å²) in [6, 6.07) is 10.4. The summed E-state index contributed by atoms with van der Waals surface area (Å²) in [4.78, 5) is 27.1. The van der Waals surface area contributed by atoms with Crippen molar-refractivity contribution >= 4 is 33.8 Å². The number of hydrogen-bond donors (Lipinski definition) is 4. The maximum absolute atomic E-state index is 15.6. The van der Waals surface area contributed by atoms with E-state index in [1.54, 1.807) is 31.5 Å². The minimum atomic E-state index is -0.418. The van der Waals surface area contributed by atoms with E-state index >= 15 is 4.39 Å². The molecule has 0 radical (unpaired) electrons. The van der Waals surface area contributed by atoms with Gasteiger partial charge in [-0.2, -0.15) is 0 Å². The predicted molar refractivity (Wildman–Crippen MR) is 162 cm³/mol. The number of hydrogen-bond acceptors (Lipinski definition) is 8. The summed E-state index contributed by atoms with van der Waals surface area (Å²) >= 11 is 0. The molecular weight excluding hydrogens is 521 g/mol. The molecule has 4 N–H and O–H groups in total. The van der Waals surface area contributed by atoms with Gasteiger partial charge in [-0.3, -0.25) is 4.79 Å². The van der Waals surface area contributed by atoms with Crippen molar-refractivity contribution in [3.8, 4) is 17.0 Å². The van der Waals surface area contributed by atoms with Gasteiger partial charge in [0.05, 0.1) is 47.0 Å². The fourth-order valence-corrected chi connectivity index (χ4v) is 5.84. The van der Waals surface area contributed by atoms with Crippen LogP contribution in [0.4, 0.5) is 27.3 Å². The van der Waals surface area contributed by atoms with Gasteiger partial charge in [-0.1, -0.05) is 19.3 Å². The van der Waals surface area contributed by atoms with Crippen LogP contribution in [-0.4, -0.2) is 54.8 Å². The number of aromatic nitrogens is 3. The normalized spacial score (nSPS) is 16.1. The van der Waals surface area contributed by atoms with E-state index in [1.165, 1.54) is 38.2 Å². The second-order valence-electron chi connectivity index (χ2n) is 10.8. The first-order valence-electron chi connectivity index (χ1n) is 14.4. The van der Waals surface area contributed by atoms with Crippen molar-refractivity contribution in [2.45, 2.75) is 32.1 Å². The van der Waals surface area contributed by atoms with Crippen LogP contribution >= 0.6 is 0 Å². The minimum Gasteiger partial charge on any atom is -0.495 e. The smallest absolute Gasteiger partial charge is 0.259 e. The number of anilines is 4. The summed E-state index contributed by atoms with van der Waals surface area (Å²) < 4.78 is 21.3. The first-order chi connectivity index (χ1) is 20.1. The molecule has 0 unspecified atom stereocenters. The average molecular weight is 558 g/mol. The van der Waals surface area contributed by atoms with Crippen molar-refractivity contribution in [3.05, 3.63) is 65.0 Å². The van der Waals surface area contributed by atoms with Crippen LogP contribution in [0.25, 0.3) is 22.2 Å². The molecule has 214 valence electrons. The fourth-order valence-electron chi connectivity index (χ4n) is 5.84. The van der Waals surface area contributed by atoms with Crippen LogP contribution in [0.3, 0.4) is 0 Å². The molecule has 1 aliphatic heterocycles. The van der Waals surface area contributed by atoms with E-state index in [0.717, 1.165) is 38.4 Å². The second kappa shape index (κ2) is 12.1. The molecule has 1 aliphatic carbocycles. The van der Waals surface area contributed by atoms with Crippen molar-refractivity contribution in [1.29, 1.82) is 0 Å². The quantitative estimate of drug-likeness (QED) is 0.232. The number of halogens is 1. The Hall–Kier alpha value is -4.18. The minimum absolute atomic E-state index is 0.289. The molecule has 0 amide bonds. The van der Waals surface area contributed by atoms with E-state index in [2.05, 4.69) is 35.8 Å². The summed E-state index contributed by atoms with van der Waals surface area (Å²) in [5.74, 6) is 1.29. The highest BCUT2D eigenvalue weighted by Crippen LogP contribution is 2.36. The topological polar surface area (TPSA) is 107 Å². The van der Waals surface area contributed by atoms with Crippen molar-refractivity contribution < 1.29 is 9.13 Å². The number of rotatable bonds is 8. The summed E-state index contributed by atoms with van der Waals surface area (Å²) in [6.45, 7) is 4.51. The Morgan fingerprint density at radius 2 is 1.90 bits per heavy atom. The Labute approximate surface area is 238 Å². The number of nitrogens with zero attached hydrogens (tertiary/aromatic N) is 3. The van der Waals surface area contributed by atoms with Gasteiger partial charge in [-0.05, 0) is 49.1 Å². The predicted octanol–water partition coefficient (Wildman–Crippen LogP) is 5.28. The SMILES string of the molecule is COc1cc(-c2cc(Nc3ccc(N4CCNCC4)cn3)c3c(=O)[nH]ccc3n2)c(F)cc1NCC1CCCCC1. The number of H-pyrrole nitrogens is 1. The molecule has 2 aliphatic rings. The number of benzene rings is 1. The molecule has 4 aromatic rings. The molecule has 41 heavy (non-hydrogen) atoms. The molecule has 2 fully saturated rings. The number of aromatic amines is 1. The molecule has 10 heteroatoms. The van der Waals surface area contributed by atoms with Gasteiger partial charge in [0.1, 0.15) is 17.4 Å². The van der Waals surface area contributed by atoms with Crippen molar-refractivity contribution in [3.63, 3.8) is 0 Å². The van der Waals surface area contributed by atoms with Gasteiger partial charge in [0.15, 0.2) is 0 Å².